The quantitative estimate of drug-likeness (QED) is 0.888. The highest BCUT2D eigenvalue weighted by molar-refractivity contribution is 5.74. The molecular formula is C19H26N4O. The summed E-state index contributed by atoms with van der Waals surface area (Å²) in [5.41, 5.74) is 6.21. The third-order valence-electron chi connectivity index (χ3n) is 5.48. The molecule has 1 spiro atoms. The molecule has 4 rings (SSSR count). The first kappa shape index (κ1) is 15.5. The lowest BCUT2D eigenvalue weighted by molar-refractivity contribution is 0.331. The van der Waals surface area contributed by atoms with Crippen molar-refractivity contribution in [2.75, 3.05) is 29.9 Å². The summed E-state index contributed by atoms with van der Waals surface area (Å²) in [6.45, 7) is 10.2. The van der Waals surface area contributed by atoms with E-state index in [4.69, 9.17) is 4.52 Å². The first-order valence-corrected chi connectivity index (χ1v) is 8.83. The highest BCUT2D eigenvalue weighted by Crippen LogP contribution is 2.39. The third kappa shape index (κ3) is 2.67. The number of piperidine rings is 1. The zero-order valence-corrected chi connectivity index (χ0v) is 14.8. The Hall–Kier alpha value is -2.01. The van der Waals surface area contributed by atoms with Crippen LogP contribution >= 0.6 is 0 Å². The van der Waals surface area contributed by atoms with Gasteiger partial charge in [-0.1, -0.05) is 11.2 Å². The normalized spacial score (nSPS) is 19.2. The number of rotatable bonds is 2. The summed E-state index contributed by atoms with van der Waals surface area (Å²) >= 11 is 0. The van der Waals surface area contributed by atoms with Gasteiger partial charge in [-0.05, 0) is 64.4 Å². The molecule has 0 bridgehead atoms. The third-order valence-corrected chi connectivity index (χ3v) is 5.48. The smallest absolute Gasteiger partial charge is 0.138 e. The van der Waals surface area contributed by atoms with Crippen molar-refractivity contribution in [3.05, 3.63) is 40.8 Å². The van der Waals surface area contributed by atoms with Crippen LogP contribution in [0.5, 0.6) is 0 Å². The Morgan fingerprint density at radius 2 is 2.00 bits per heavy atom. The molecule has 1 aromatic heterocycles. The summed E-state index contributed by atoms with van der Waals surface area (Å²) in [6, 6.07) is 6.71. The van der Waals surface area contributed by atoms with E-state index in [1.54, 1.807) is 0 Å². The largest absolute Gasteiger partial charge is 0.376 e. The van der Waals surface area contributed by atoms with Crippen molar-refractivity contribution in [3.63, 3.8) is 0 Å². The van der Waals surface area contributed by atoms with Crippen LogP contribution in [0.4, 0.5) is 11.4 Å². The van der Waals surface area contributed by atoms with Crippen LogP contribution in [-0.2, 0) is 6.54 Å². The van der Waals surface area contributed by atoms with E-state index < -0.39 is 0 Å². The topological polar surface area (TPSA) is 53.3 Å². The lowest BCUT2D eigenvalue weighted by atomic mass is 9.85. The fraction of sp³-hybridized carbons (Fsp3) is 0.526. The average molecular weight is 326 g/mol. The van der Waals surface area contributed by atoms with Crippen LogP contribution in [-0.4, -0.2) is 30.3 Å². The molecule has 0 atom stereocenters. The molecule has 0 unspecified atom stereocenters. The summed E-state index contributed by atoms with van der Waals surface area (Å²) in [4.78, 5) is 2.50. The minimum atomic E-state index is 0.158. The summed E-state index contributed by atoms with van der Waals surface area (Å²) in [7, 11) is 0. The fourth-order valence-electron chi connectivity index (χ4n) is 4.05. The van der Waals surface area contributed by atoms with Crippen LogP contribution in [0.25, 0.3) is 0 Å². The summed E-state index contributed by atoms with van der Waals surface area (Å²) in [5, 5.41) is 11.5. The van der Waals surface area contributed by atoms with E-state index in [1.807, 2.05) is 13.8 Å². The molecule has 2 aromatic rings. The number of fused-ring (bicyclic) bond motifs is 1. The molecule has 0 aliphatic carbocycles. The molecule has 128 valence electrons. The molecule has 24 heavy (non-hydrogen) atoms. The van der Waals surface area contributed by atoms with Gasteiger partial charge in [0.25, 0.3) is 0 Å². The van der Waals surface area contributed by atoms with Crippen molar-refractivity contribution in [2.24, 2.45) is 0 Å². The lowest BCUT2D eigenvalue weighted by Gasteiger charge is -2.48. The van der Waals surface area contributed by atoms with Crippen LogP contribution in [0, 0.1) is 20.8 Å². The van der Waals surface area contributed by atoms with Crippen LogP contribution in [0.3, 0.4) is 0 Å². The molecule has 2 aliphatic heterocycles. The molecule has 1 saturated heterocycles. The lowest BCUT2D eigenvalue weighted by Crippen LogP contribution is -2.57. The maximum Gasteiger partial charge on any atom is 0.138 e. The minimum absolute atomic E-state index is 0.158. The van der Waals surface area contributed by atoms with E-state index in [1.165, 1.54) is 22.5 Å². The van der Waals surface area contributed by atoms with Gasteiger partial charge in [-0.2, -0.15) is 0 Å². The van der Waals surface area contributed by atoms with Crippen molar-refractivity contribution in [2.45, 2.75) is 45.7 Å². The predicted octanol–water partition coefficient (Wildman–Crippen LogP) is 3.15. The monoisotopic (exact) mass is 326 g/mol. The highest BCUT2D eigenvalue weighted by Gasteiger charge is 2.38. The number of hydrogen-bond donors (Lipinski definition) is 2. The van der Waals surface area contributed by atoms with E-state index in [0.29, 0.717) is 0 Å². The highest BCUT2D eigenvalue weighted by atomic mass is 16.5. The maximum absolute atomic E-state index is 5.38. The van der Waals surface area contributed by atoms with Crippen LogP contribution in [0.1, 0.15) is 35.4 Å². The Labute approximate surface area is 143 Å². The van der Waals surface area contributed by atoms with Gasteiger partial charge in [0, 0.05) is 18.7 Å². The Kier molecular flexibility index (Phi) is 3.76. The molecule has 2 aliphatic rings. The Morgan fingerprint density at radius 3 is 2.71 bits per heavy atom. The van der Waals surface area contributed by atoms with E-state index in [-0.39, 0.29) is 5.54 Å². The molecule has 1 fully saturated rings. The van der Waals surface area contributed by atoms with E-state index in [9.17, 15) is 0 Å². The Bertz CT molecular complexity index is 726. The number of aromatic nitrogens is 1. The van der Waals surface area contributed by atoms with E-state index in [2.05, 4.69) is 45.8 Å². The Balaban J connectivity index is 1.72. The van der Waals surface area contributed by atoms with Crippen molar-refractivity contribution in [1.82, 2.24) is 10.5 Å². The fourth-order valence-corrected chi connectivity index (χ4v) is 4.05. The average Bonchev–Trinajstić information content (AvgIpc) is 2.87. The standard InChI is InChI=1S/C19H26N4O/c1-13-4-5-18-17(10-13)21-19(6-8-20-9-7-19)12-23(18)11-16-14(2)22-24-15(16)3/h4-5,10,20-21H,6-9,11-12H2,1-3H3. The van der Waals surface area contributed by atoms with Crippen molar-refractivity contribution >= 4 is 11.4 Å². The number of anilines is 2. The van der Waals surface area contributed by atoms with Gasteiger partial charge in [0.2, 0.25) is 0 Å². The second kappa shape index (κ2) is 5.81. The molecule has 5 nitrogen and oxygen atoms in total. The van der Waals surface area contributed by atoms with Crippen LogP contribution < -0.4 is 15.5 Å². The van der Waals surface area contributed by atoms with Gasteiger partial charge >= 0.3 is 0 Å². The SMILES string of the molecule is Cc1ccc2c(c1)NC1(CCNCC1)CN2Cc1c(C)noc1C. The van der Waals surface area contributed by atoms with Crippen molar-refractivity contribution in [1.29, 1.82) is 0 Å². The molecule has 0 radical (unpaired) electrons. The van der Waals surface area contributed by atoms with Gasteiger partial charge in [-0.3, -0.25) is 0 Å². The second-order valence-corrected chi connectivity index (χ2v) is 7.33. The van der Waals surface area contributed by atoms with Gasteiger partial charge < -0.3 is 20.1 Å². The number of aryl methyl sites for hydroxylation is 3. The molecule has 5 heteroatoms. The van der Waals surface area contributed by atoms with E-state index in [0.717, 1.165) is 50.5 Å². The number of nitrogens with zero attached hydrogens (tertiary/aromatic N) is 2. The van der Waals surface area contributed by atoms with Crippen molar-refractivity contribution in [3.8, 4) is 0 Å². The van der Waals surface area contributed by atoms with Gasteiger partial charge in [-0.15, -0.1) is 0 Å². The van der Waals surface area contributed by atoms with Gasteiger partial charge in [0.1, 0.15) is 5.76 Å². The zero-order chi connectivity index (χ0) is 16.7. The number of hydrogen-bond acceptors (Lipinski definition) is 5. The molecule has 2 N–H and O–H groups in total. The van der Waals surface area contributed by atoms with Crippen LogP contribution in [0.2, 0.25) is 0 Å². The second-order valence-electron chi connectivity index (χ2n) is 7.33. The minimum Gasteiger partial charge on any atom is -0.376 e. The Morgan fingerprint density at radius 1 is 1.21 bits per heavy atom. The molecular weight excluding hydrogens is 300 g/mol. The molecule has 1 aromatic carbocycles. The first-order chi connectivity index (χ1) is 11.6. The van der Waals surface area contributed by atoms with Gasteiger partial charge in [0.05, 0.1) is 22.6 Å². The van der Waals surface area contributed by atoms with Crippen LogP contribution in [0.15, 0.2) is 22.7 Å². The maximum atomic E-state index is 5.38. The predicted molar refractivity (Wildman–Crippen MR) is 96.7 cm³/mol. The molecule has 0 saturated carbocycles. The zero-order valence-electron chi connectivity index (χ0n) is 14.8. The number of benzene rings is 1. The summed E-state index contributed by atoms with van der Waals surface area (Å²) in [6.07, 6.45) is 2.30. The van der Waals surface area contributed by atoms with Gasteiger partial charge in [-0.25, -0.2) is 0 Å². The van der Waals surface area contributed by atoms with Crippen molar-refractivity contribution < 1.29 is 4.52 Å². The van der Waals surface area contributed by atoms with Gasteiger partial charge in [0.15, 0.2) is 0 Å². The summed E-state index contributed by atoms with van der Waals surface area (Å²) in [5.74, 6) is 0.930. The molecule has 0 amide bonds. The summed E-state index contributed by atoms with van der Waals surface area (Å²) < 4.78 is 5.38. The molecule has 3 heterocycles. The van der Waals surface area contributed by atoms with E-state index >= 15 is 0 Å². The first-order valence-electron chi connectivity index (χ1n) is 8.83. The number of nitrogens with one attached hydrogen (secondary N) is 2.